The number of aromatic nitrogens is 3. The minimum absolute atomic E-state index is 0.153. The van der Waals surface area contributed by atoms with Crippen molar-refractivity contribution in [3.05, 3.63) is 78.6 Å². The highest BCUT2D eigenvalue weighted by Gasteiger charge is 2.13. The molecule has 164 valence electrons. The van der Waals surface area contributed by atoms with E-state index >= 15 is 0 Å². The molecule has 2 aromatic heterocycles. The van der Waals surface area contributed by atoms with Crippen LogP contribution in [0.1, 0.15) is 29.6 Å². The lowest BCUT2D eigenvalue weighted by Gasteiger charge is -2.12. The number of pyridine rings is 1. The zero-order chi connectivity index (χ0) is 22.6. The summed E-state index contributed by atoms with van der Waals surface area (Å²) in [6.07, 6.45) is 9.46. The highest BCUT2D eigenvalue weighted by Crippen LogP contribution is 2.28. The molecule has 1 amide bonds. The van der Waals surface area contributed by atoms with Crippen LogP contribution in [0.25, 0.3) is 27.8 Å². The summed E-state index contributed by atoms with van der Waals surface area (Å²) in [4.78, 5) is 21.7. The topological polar surface area (TPSA) is 84.5 Å². The normalized spacial score (nSPS) is 12.8. The minimum atomic E-state index is -0.305. The van der Waals surface area contributed by atoms with Gasteiger partial charge in [-0.05, 0) is 61.4 Å². The number of fused-ring (bicyclic) bond motifs is 1. The van der Waals surface area contributed by atoms with Crippen LogP contribution in [0.5, 0.6) is 0 Å². The maximum absolute atomic E-state index is 13.4. The molecule has 33 heavy (non-hydrogen) atoms. The standard InChI is InChI=1S/C25H21FN6O/c26-19-6-3-17(4-7-19)22-15-24(32-13-12-27-16-32)21-8-5-18(14-23(21)30-22)25(33)28-10-1-2-20-9-11-29-31-20/h3-8,11-16H,1-2,9-10H2,(H,28,33). The minimum Gasteiger partial charge on any atom is -0.352 e. The molecule has 2 aromatic carbocycles. The number of benzene rings is 2. The third-order valence-corrected chi connectivity index (χ3v) is 5.51. The van der Waals surface area contributed by atoms with E-state index in [2.05, 4.69) is 20.5 Å². The smallest absolute Gasteiger partial charge is 0.251 e. The van der Waals surface area contributed by atoms with Crippen LogP contribution in [0.15, 0.2) is 77.5 Å². The number of amides is 1. The van der Waals surface area contributed by atoms with Crippen LogP contribution in [0.2, 0.25) is 0 Å². The van der Waals surface area contributed by atoms with Gasteiger partial charge < -0.3 is 9.88 Å². The monoisotopic (exact) mass is 440 g/mol. The van der Waals surface area contributed by atoms with Crippen LogP contribution in [0.3, 0.4) is 0 Å². The summed E-state index contributed by atoms with van der Waals surface area (Å²) in [5, 5.41) is 11.8. The van der Waals surface area contributed by atoms with E-state index in [9.17, 15) is 9.18 Å². The van der Waals surface area contributed by atoms with Crippen molar-refractivity contribution in [1.82, 2.24) is 19.9 Å². The van der Waals surface area contributed by atoms with E-state index < -0.39 is 0 Å². The van der Waals surface area contributed by atoms with Crippen molar-refractivity contribution in [2.24, 2.45) is 10.2 Å². The van der Waals surface area contributed by atoms with E-state index in [-0.39, 0.29) is 11.7 Å². The van der Waals surface area contributed by atoms with E-state index in [4.69, 9.17) is 4.98 Å². The Hall–Kier alpha value is -4.20. The zero-order valence-corrected chi connectivity index (χ0v) is 17.8. The molecule has 5 rings (SSSR count). The first-order chi connectivity index (χ1) is 16.2. The van der Waals surface area contributed by atoms with Crippen LogP contribution in [-0.4, -0.2) is 38.9 Å². The van der Waals surface area contributed by atoms with Gasteiger partial charge >= 0.3 is 0 Å². The summed E-state index contributed by atoms with van der Waals surface area (Å²) in [6.45, 7) is 0.555. The van der Waals surface area contributed by atoms with Gasteiger partial charge in [-0.15, -0.1) is 0 Å². The maximum Gasteiger partial charge on any atom is 0.251 e. The average Bonchev–Trinajstić information content (AvgIpc) is 3.56. The first-order valence-corrected chi connectivity index (χ1v) is 10.7. The largest absolute Gasteiger partial charge is 0.352 e. The van der Waals surface area contributed by atoms with Gasteiger partial charge in [0.15, 0.2) is 0 Å². The van der Waals surface area contributed by atoms with Crippen molar-refractivity contribution in [2.45, 2.75) is 19.3 Å². The summed E-state index contributed by atoms with van der Waals surface area (Å²) >= 11 is 0. The van der Waals surface area contributed by atoms with E-state index in [0.717, 1.165) is 41.6 Å². The summed E-state index contributed by atoms with van der Waals surface area (Å²) in [5.74, 6) is -0.458. The molecular weight excluding hydrogens is 419 g/mol. The zero-order valence-electron chi connectivity index (χ0n) is 17.8. The number of imidazole rings is 1. The Kier molecular flexibility index (Phi) is 5.72. The Morgan fingerprint density at radius 1 is 1.12 bits per heavy atom. The van der Waals surface area contributed by atoms with E-state index in [1.54, 1.807) is 43.0 Å². The molecule has 0 saturated carbocycles. The number of nitrogens with one attached hydrogen (secondary N) is 1. The number of hydrogen-bond acceptors (Lipinski definition) is 5. The Bertz CT molecular complexity index is 1360. The molecule has 0 bridgehead atoms. The average molecular weight is 440 g/mol. The second-order valence-electron chi connectivity index (χ2n) is 7.76. The predicted octanol–water partition coefficient (Wildman–Crippen LogP) is 4.57. The summed E-state index contributed by atoms with van der Waals surface area (Å²) < 4.78 is 15.3. The van der Waals surface area contributed by atoms with Crippen molar-refractivity contribution in [2.75, 3.05) is 6.54 Å². The molecule has 0 aliphatic carbocycles. The lowest BCUT2D eigenvalue weighted by molar-refractivity contribution is 0.0953. The van der Waals surface area contributed by atoms with Gasteiger partial charge in [0.25, 0.3) is 5.91 Å². The first-order valence-electron chi connectivity index (χ1n) is 10.7. The molecule has 0 unspecified atom stereocenters. The summed E-state index contributed by atoms with van der Waals surface area (Å²) in [6, 6.07) is 13.6. The molecular formula is C25H21FN6O. The van der Waals surface area contributed by atoms with Gasteiger partial charge in [-0.1, -0.05) is 0 Å². The molecule has 3 heterocycles. The molecule has 0 fully saturated rings. The fourth-order valence-corrected chi connectivity index (χ4v) is 3.79. The lowest BCUT2D eigenvalue weighted by Crippen LogP contribution is -2.24. The third-order valence-electron chi connectivity index (χ3n) is 5.51. The first kappa shape index (κ1) is 20.7. The van der Waals surface area contributed by atoms with Crippen LogP contribution >= 0.6 is 0 Å². The molecule has 0 saturated heterocycles. The molecule has 7 nitrogen and oxygen atoms in total. The van der Waals surface area contributed by atoms with Gasteiger partial charge in [0.1, 0.15) is 5.82 Å². The quantitative estimate of drug-likeness (QED) is 0.427. The van der Waals surface area contributed by atoms with Crippen molar-refractivity contribution in [1.29, 1.82) is 0 Å². The Morgan fingerprint density at radius 2 is 2.00 bits per heavy atom. The van der Waals surface area contributed by atoms with Crippen LogP contribution in [0.4, 0.5) is 4.39 Å². The number of nitrogens with zero attached hydrogens (tertiary/aromatic N) is 5. The van der Waals surface area contributed by atoms with Crippen LogP contribution < -0.4 is 5.32 Å². The highest BCUT2D eigenvalue weighted by atomic mass is 19.1. The van der Waals surface area contributed by atoms with Gasteiger partial charge in [-0.3, -0.25) is 4.79 Å². The lowest BCUT2D eigenvalue weighted by atomic mass is 10.1. The number of carbonyl (C=O) groups excluding carboxylic acids is 1. The Labute approximate surface area is 189 Å². The number of rotatable bonds is 7. The number of halogens is 1. The van der Waals surface area contributed by atoms with Crippen molar-refractivity contribution < 1.29 is 9.18 Å². The van der Waals surface area contributed by atoms with Crippen LogP contribution in [0, 0.1) is 5.82 Å². The van der Waals surface area contributed by atoms with E-state index in [1.165, 1.54) is 12.1 Å². The molecule has 8 heteroatoms. The molecule has 0 spiro atoms. The molecule has 0 radical (unpaired) electrons. The second kappa shape index (κ2) is 9.12. The van der Waals surface area contributed by atoms with Gasteiger partial charge in [-0.2, -0.15) is 10.2 Å². The maximum atomic E-state index is 13.4. The fraction of sp³-hybridized carbons (Fsp3) is 0.160. The van der Waals surface area contributed by atoms with Gasteiger partial charge in [0.2, 0.25) is 0 Å². The fourth-order valence-electron chi connectivity index (χ4n) is 3.79. The van der Waals surface area contributed by atoms with Crippen LogP contribution in [-0.2, 0) is 0 Å². The predicted molar refractivity (Wildman–Crippen MR) is 126 cm³/mol. The van der Waals surface area contributed by atoms with Gasteiger partial charge in [-0.25, -0.2) is 14.4 Å². The highest BCUT2D eigenvalue weighted by molar-refractivity contribution is 6.00. The second-order valence-corrected chi connectivity index (χ2v) is 7.76. The third kappa shape index (κ3) is 4.55. The van der Waals surface area contributed by atoms with E-state index in [1.807, 2.05) is 22.9 Å². The summed E-state index contributed by atoms with van der Waals surface area (Å²) in [5.41, 5.74) is 4.59. The molecule has 0 atom stereocenters. The summed E-state index contributed by atoms with van der Waals surface area (Å²) in [7, 11) is 0. The van der Waals surface area contributed by atoms with Gasteiger partial charge in [0, 0.05) is 53.8 Å². The Balaban J connectivity index is 1.43. The molecule has 1 N–H and O–H groups in total. The number of carbonyl (C=O) groups is 1. The number of hydrogen-bond donors (Lipinski definition) is 1. The molecule has 1 aliphatic heterocycles. The Morgan fingerprint density at radius 3 is 2.76 bits per heavy atom. The molecule has 1 aliphatic rings. The van der Waals surface area contributed by atoms with Gasteiger partial charge in [0.05, 0.1) is 23.2 Å². The molecule has 4 aromatic rings. The van der Waals surface area contributed by atoms with E-state index in [0.29, 0.717) is 23.3 Å². The van der Waals surface area contributed by atoms with Crippen molar-refractivity contribution >= 4 is 28.7 Å². The van der Waals surface area contributed by atoms with Crippen molar-refractivity contribution in [3.8, 4) is 16.9 Å². The van der Waals surface area contributed by atoms with Crippen molar-refractivity contribution in [3.63, 3.8) is 0 Å². The SMILES string of the molecule is O=C(NCCCC1=NN=CC1)c1ccc2c(-n3ccnc3)cc(-c3ccc(F)cc3)nc2c1.